The van der Waals surface area contributed by atoms with Crippen molar-refractivity contribution in [1.82, 2.24) is 26.2 Å². The van der Waals surface area contributed by atoms with Gasteiger partial charge in [-0.15, -0.1) is 0 Å². The van der Waals surface area contributed by atoms with E-state index in [1.807, 2.05) is 38.1 Å². The van der Waals surface area contributed by atoms with Gasteiger partial charge in [-0.05, 0) is 72.9 Å². The molecule has 0 unspecified atom stereocenters. The van der Waals surface area contributed by atoms with Crippen molar-refractivity contribution in [2.45, 2.75) is 122 Å². The van der Waals surface area contributed by atoms with Crippen LogP contribution in [0.2, 0.25) is 0 Å². The number of nitrogens with one attached hydrogen (secondary N) is 5. The lowest BCUT2D eigenvalue weighted by Crippen LogP contribution is -2.59. The van der Waals surface area contributed by atoms with Gasteiger partial charge in [-0.1, -0.05) is 76.6 Å². The van der Waals surface area contributed by atoms with Crippen molar-refractivity contribution in [3.63, 3.8) is 0 Å². The minimum absolute atomic E-state index is 0.0745. The van der Waals surface area contributed by atoms with E-state index in [1.165, 1.54) is 17.0 Å². The Balaban J connectivity index is 1.46. The van der Waals surface area contributed by atoms with E-state index in [1.54, 1.807) is 12.1 Å². The van der Waals surface area contributed by atoms with Crippen molar-refractivity contribution in [3.05, 3.63) is 65.5 Å². The molecule has 2 bridgehead atoms. The lowest BCUT2D eigenvalue weighted by molar-refractivity contribution is -0.142. The van der Waals surface area contributed by atoms with Gasteiger partial charge in [-0.2, -0.15) is 0 Å². The molecule has 5 atom stereocenters. The normalized spacial score (nSPS) is 25.3. The van der Waals surface area contributed by atoms with E-state index < -0.39 is 47.7 Å². The first kappa shape index (κ1) is 38.7. The second-order valence-electron chi connectivity index (χ2n) is 14.8. The van der Waals surface area contributed by atoms with Gasteiger partial charge in [0.25, 0.3) is 0 Å². The molecule has 52 heavy (non-hydrogen) atoms. The standard InChI is InChI=1S/C40H55FN6O5/c1-3-26(2)36-39(51)44-32(23-27-10-5-4-6-11-27)37(49)45-33(24-28-16-18-30(41)19-17-28)40(52)47-21-9-14-34(47)38(50)43-25-29-12-7-13-31(22-29)42-20-8-15-35(48)46-36/h7,12-13,16-19,22,26-27,32-34,36,42H,3-6,8-11,14-15,20-21,23-25H2,1-2H3,(H,43,50)(H,44,51)(H,45,49)(H,46,48)/t26-,32-,33-,34-,36-/m0/s1. The van der Waals surface area contributed by atoms with Crippen LogP contribution in [0.1, 0.15) is 95.6 Å². The van der Waals surface area contributed by atoms with Crippen LogP contribution in [0.25, 0.3) is 0 Å². The number of carbonyl (C=O) groups is 5. The third-order valence-electron chi connectivity index (χ3n) is 10.8. The molecule has 11 nitrogen and oxygen atoms in total. The van der Waals surface area contributed by atoms with Crippen molar-refractivity contribution in [3.8, 4) is 0 Å². The number of hydrogen-bond donors (Lipinski definition) is 5. The fraction of sp³-hybridized carbons (Fsp3) is 0.575. The van der Waals surface area contributed by atoms with Crippen LogP contribution in [0.4, 0.5) is 10.1 Å². The van der Waals surface area contributed by atoms with Crippen LogP contribution in [-0.4, -0.2) is 71.7 Å². The van der Waals surface area contributed by atoms with E-state index in [-0.39, 0.29) is 43.0 Å². The zero-order valence-electron chi connectivity index (χ0n) is 30.6. The molecule has 2 aliphatic heterocycles. The summed E-state index contributed by atoms with van der Waals surface area (Å²) in [7, 11) is 0. The van der Waals surface area contributed by atoms with Crippen molar-refractivity contribution in [1.29, 1.82) is 0 Å². The molecule has 2 aromatic carbocycles. The first-order chi connectivity index (χ1) is 25.1. The molecule has 0 spiro atoms. The number of carbonyl (C=O) groups excluding carboxylic acids is 5. The van der Waals surface area contributed by atoms with Crippen molar-refractivity contribution < 1.29 is 28.4 Å². The minimum atomic E-state index is -1.07. The Labute approximate surface area is 306 Å². The first-order valence-electron chi connectivity index (χ1n) is 19.2. The zero-order valence-corrected chi connectivity index (χ0v) is 30.6. The third kappa shape index (κ3) is 10.8. The summed E-state index contributed by atoms with van der Waals surface area (Å²) in [6.45, 7) is 5.01. The highest BCUT2D eigenvalue weighted by atomic mass is 19.1. The number of amides is 5. The van der Waals surface area contributed by atoms with Gasteiger partial charge in [0.2, 0.25) is 29.5 Å². The molecule has 5 rings (SSSR count). The summed E-state index contributed by atoms with van der Waals surface area (Å²) < 4.78 is 13.9. The third-order valence-corrected chi connectivity index (χ3v) is 10.8. The Kier molecular flexibility index (Phi) is 14.0. The number of benzene rings is 2. The van der Waals surface area contributed by atoms with E-state index in [0.29, 0.717) is 50.8 Å². The summed E-state index contributed by atoms with van der Waals surface area (Å²) in [6.07, 6.45) is 8.05. The molecule has 1 saturated heterocycles. The molecule has 2 fully saturated rings. The molecule has 5 N–H and O–H groups in total. The summed E-state index contributed by atoms with van der Waals surface area (Å²) >= 11 is 0. The Hall–Kier alpha value is -4.48. The van der Waals surface area contributed by atoms with Crippen LogP contribution in [0.15, 0.2) is 48.5 Å². The summed E-state index contributed by atoms with van der Waals surface area (Å²) in [5.41, 5.74) is 2.37. The highest BCUT2D eigenvalue weighted by Crippen LogP contribution is 2.28. The fourth-order valence-corrected chi connectivity index (χ4v) is 7.61. The lowest BCUT2D eigenvalue weighted by Gasteiger charge is -2.32. The number of nitrogens with zero attached hydrogens (tertiary/aromatic N) is 1. The molecule has 1 aliphatic carbocycles. The van der Waals surface area contributed by atoms with Crippen molar-refractivity contribution in [2.24, 2.45) is 11.8 Å². The lowest BCUT2D eigenvalue weighted by atomic mass is 9.84. The topological polar surface area (TPSA) is 149 Å². The Morgan fingerprint density at radius 1 is 0.808 bits per heavy atom. The molecule has 12 heteroatoms. The van der Waals surface area contributed by atoms with Gasteiger partial charge in [0, 0.05) is 38.2 Å². The molecule has 3 aliphatic rings. The summed E-state index contributed by atoms with van der Waals surface area (Å²) in [5, 5.41) is 15.2. The van der Waals surface area contributed by atoms with Gasteiger partial charge >= 0.3 is 0 Å². The quantitative estimate of drug-likeness (QED) is 0.300. The molecule has 1 saturated carbocycles. The summed E-state index contributed by atoms with van der Waals surface area (Å²) in [4.78, 5) is 70.9. The minimum Gasteiger partial charge on any atom is -0.385 e. The van der Waals surface area contributed by atoms with E-state index in [4.69, 9.17) is 0 Å². The van der Waals surface area contributed by atoms with Crippen LogP contribution in [-0.2, 0) is 36.9 Å². The maximum atomic E-state index is 14.4. The molecular weight excluding hydrogens is 663 g/mol. The van der Waals surface area contributed by atoms with Crippen LogP contribution in [0.5, 0.6) is 0 Å². The van der Waals surface area contributed by atoms with Crippen LogP contribution < -0.4 is 26.6 Å². The molecule has 2 heterocycles. The van der Waals surface area contributed by atoms with E-state index in [9.17, 15) is 28.4 Å². The van der Waals surface area contributed by atoms with Gasteiger partial charge in [-0.3, -0.25) is 24.0 Å². The maximum Gasteiger partial charge on any atom is 0.246 e. The van der Waals surface area contributed by atoms with Crippen LogP contribution in [0, 0.1) is 17.7 Å². The SMILES string of the molecule is CC[C@H](C)[C@@H]1NC(=O)CCCNc2cccc(c2)CNC(=O)[C@@H]2CCCN2C(=O)[C@H](Cc2ccc(F)cc2)NC(=O)[C@H](CC2CCCCC2)NC1=O. The predicted molar refractivity (Wildman–Crippen MR) is 197 cm³/mol. The van der Waals surface area contributed by atoms with Crippen molar-refractivity contribution in [2.75, 3.05) is 18.4 Å². The van der Waals surface area contributed by atoms with Gasteiger partial charge < -0.3 is 31.5 Å². The largest absolute Gasteiger partial charge is 0.385 e. The highest BCUT2D eigenvalue weighted by molar-refractivity contribution is 5.96. The molecule has 0 aromatic heterocycles. The monoisotopic (exact) mass is 718 g/mol. The van der Waals surface area contributed by atoms with Gasteiger partial charge in [-0.25, -0.2) is 4.39 Å². The Morgan fingerprint density at radius 3 is 2.31 bits per heavy atom. The molecule has 2 aromatic rings. The molecule has 5 amide bonds. The smallest absolute Gasteiger partial charge is 0.246 e. The number of rotatable bonds is 6. The fourth-order valence-electron chi connectivity index (χ4n) is 7.61. The molecule has 0 radical (unpaired) electrons. The second-order valence-corrected chi connectivity index (χ2v) is 14.8. The molecule has 282 valence electrons. The number of halogens is 1. The van der Waals surface area contributed by atoms with Crippen molar-refractivity contribution >= 4 is 35.2 Å². The van der Waals surface area contributed by atoms with Gasteiger partial charge in [0.1, 0.15) is 30.0 Å². The average molecular weight is 719 g/mol. The number of anilines is 1. The van der Waals surface area contributed by atoms with E-state index >= 15 is 0 Å². The first-order valence-corrected chi connectivity index (χ1v) is 19.2. The predicted octanol–water partition coefficient (Wildman–Crippen LogP) is 4.35. The number of fused-ring (bicyclic) bond motifs is 3. The maximum absolute atomic E-state index is 14.4. The van der Waals surface area contributed by atoms with Crippen LogP contribution >= 0.6 is 0 Å². The average Bonchev–Trinajstić information content (AvgIpc) is 3.65. The Bertz CT molecular complexity index is 1550. The van der Waals surface area contributed by atoms with Crippen LogP contribution in [0.3, 0.4) is 0 Å². The van der Waals surface area contributed by atoms with E-state index in [0.717, 1.165) is 43.4 Å². The summed E-state index contributed by atoms with van der Waals surface area (Å²) in [5.74, 6) is -2.27. The summed E-state index contributed by atoms with van der Waals surface area (Å²) in [6, 6.07) is 9.86. The molecular formula is C40H55FN6O5. The number of hydrogen-bond acceptors (Lipinski definition) is 6. The van der Waals surface area contributed by atoms with Gasteiger partial charge in [0.15, 0.2) is 0 Å². The zero-order chi connectivity index (χ0) is 37.0. The van der Waals surface area contributed by atoms with E-state index in [2.05, 4.69) is 26.6 Å². The highest BCUT2D eigenvalue weighted by Gasteiger charge is 2.39. The Morgan fingerprint density at radius 2 is 1.56 bits per heavy atom. The van der Waals surface area contributed by atoms with Gasteiger partial charge in [0.05, 0.1) is 0 Å². The second kappa shape index (κ2) is 18.8.